The van der Waals surface area contributed by atoms with E-state index in [4.69, 9.17) is 3.87 Å². The van der Waals surface area contributed by atoms with Gasteiger partial charge in [-0.15, -0.1) is 0 Å². The fourth-order valence-electron chi connectivity index (χ4n) is 1.47. The summed E-state index contributed by atoms with van der Waals surface area (Å²) < 4.78 is 26.9. The van der Waals surface area contributed by atoms with Crippen LogP contribution in [0.5, 0.6) is 0 Å². The van der Waals surface area contributed by atoms with Gasteiger partial charge in [0.1, 0.15) is 0 Å². The van der Waals surface area contributed by atoms with Crippen molar-refractivity contribution in [2.75, 3.05) is 6.26 Å². The average Bonchev–Trinajstić information content (AvgIpc) is 2.15. The van der Waals surface area contributed by atoms with E-state index in [0.29, 0.717) is 0 Å². The normalized spacial score (nSPS) is 13.4. The standard InChI is InChI=1S/C11H18O3SSi/c1-11(2,16-14-15(3,12)13)9-10-7-5-4-6-8-10/h4-8H,9,16H2,1-3H3. The first kappa shape index (κ1) is 13.4. The highest BCUT2D eigenvalue weighted by Gasteiger charge is 2.22. The Morgan fingerprint density at radius 1 is 1.25 bits per heavy atom. The summed E-state index contributed by atoms with van der Waals surface area (Å²) in [5.74, 6) is 0. The van der Waals surface area contributed by atoms with E-state index in [1.54, 1.807) is 0 Å². The van der Waals surface area contributed by atoms with E-state index in [0.717, 1.165) is 12.7 Å². The van der Waals surface area contributed by atoms with Crippen molar-refractivity contribution in [1.82, 2.24) is 0 Å². The molecule has 5 heteroatoms. The van der Waals surface area contributed by atoms with Crippen molar-refractivity contribution in [2.24, 2.45) is 0 Å². The van der Waals surface area contributed by atoms with Gasteiger partial charge in [-0.1, -0.05) is 44.2 Å². The third kappa shape index (κ3) is 5.44. The van der Waals surface area contributed by atoms with Crippen LogP contribution in [0.3, 0.4) is 0 Å². The predicted octanol–water partition coefficient (Wildman–Crippen LogP) is 1.49. The number of hydrogen-bond acceptors (Lipinski definition) is 3. The molecule has 0 spiro atoms. The van der Waals surface area contributed by atoms with Gasteiger partial charge in [-0.25, -0.2) is 8.42 Å². The first-order valence-corrected chi connectivity index (χ1v) is 8.27. The molecule has 0 amide bonds. The van der Waals surface area contributed by atoms with Gasteiger partial charge in [0.25, 0.3) is 10.1 Å². The van der Waals surface area contributed by atoms with Crippen LogP contribution in [0.25, 0.3) is 0 Å². The fraction of sp³-hybridized carbons (Fsp3) is 0.455. The quantitative estimate of drug-likeness (QED) is 0.752. The summed E-state index contributed by atoms with van der Waals surface area (Å²) >= 11 is 0. The molecule has 0 atom stereocenters. The van der Waals surface area contributed by atoms with E-state index in [9.17, 15) is 8.42 Å². The molecule has 3 nitrogen and oxygen atoms in total. The third-order valence-corrected chi connectivity index (χ3v) is 5.40. The van der Waals surface area contributed by atoms with Gasteiger partial charge in [0.05, 0.1) is 6.26 Å². The summed E-state index contributed by atoms with van der Waals surface area (Å²) in [5, 5.41) is -0.0512. The van der Waals surface area contributed by atoms with Crippen molar-refractivity contribution in [3.05, 3.63) is 35.9 Å². The second kappa shape index (κ2) is 5.12. The molecule has 0 heterocycles. The maximum Gasteiger partial charge on any atom is 0.254 e. The summed E-state index contributed by atoms with van der Waals surface area (Å²) in [7, 11) is -4.38. The minimum Gasteiger partial charge on any atom is -0.322 e. The summed E-state index contributed by atoms with van der Waals surface area (Å²) in [6.45, 7) is 4.11. The minimum atomic E-state index is -3.29. The van der Waals surface area contributed by atoms with Crippen LogP contribution in [0.4, 0.5) is 0 Å². The van der Waals surface area contributed by atoms with Crippen molar-refractivity contribution in [3.8, 4) is 0 Å². The lowest BCUT2D eigenvalue weighted by atomic mass is 10.0. The first-order chi connectivity index (χ1) is 7.29. The van der Waals surface area contributed by atoms with E-state index in [1.165, 1.54) is 5.56 Å². The zero-order valence-corrected chi connectivity index (χ0v) is 12.2. The van der Waals surface area contributed by atoms with Gasteiger partial charge in [0.2, 0.25) is 0 Å². The summed E-state index contributed by atoms with van der Waals surface area (Å²) in [6.07, 6.45) is 1.97. The van der Waals surface area contributed by atoms with Crippen LogP contribution < -0.4 is 0 Å². The summed E-state index contributed by atoms with van der Waals surface area (Å²) in [6, 6.07) is 10.1. The Morgan fingerprint density at radius 2 is 1.81 bits per heavy atom. The van der Waals surface area contributed by atoms with Gasteiger partial charge < -0.3 is 3.87 Å². The van der Waals surface area contributed by atoms with E-state index in [2.05, 4.69) is 26.0 Å². The van der Waals surface area contributed by atoms with Gasteiger partial charge in [0, 0.05) is 0 Å². The molecule has 16 heavy (non-hydrogen) atoms. The number of hydrogen-bond donors (Lipinski definition) is 0. The van der Waals surface area contributed by atoms with E-state index in [-0.39, 0.29) is 5.04 Å². The van der Waals surface area contributed by atoms with Crippen molar-refractivity contribution >= 4 is 19.9 Å². The molecule has 0 unspecified atom stereocenters. The molecule has 0 bridgehead atoms. The SMILES string of the molecule is CC(C)(Cc1ccccc1)[SiH2]OS(C)(=O)=O. The van der Waals surface area contributed by atoms with Gasteiger partial charge in [0.15, 0.2) is 9.76 Å². The Hall–Kier alpha value is -0.653. The topological polar surface area (TPSA) is 43.4 Å². The van der Waals surface area contributed by atoms with Crippen LogP contribution in [-0.4, -0.2) is 24.4 Å². The molecule has 1 aromatic rings. The second-order valence-corrected chi connectivity index (χ2v) is 9.35. The smallest absolute Gasteiger partial charge is 0.254 e. The van der Waals surface area contributed by atoms with Crippen molar-refractivity contribution in [2.45, 2.75) is 25.3 Å². The highest BCUT2D eigenvalue weighted by atomic mass is 32.2. The van der Waals surface area contributed by atoms with Crippen molar-refractivity contribution in [3.63, 3.8) is 0 Å². The van der Waals surface area contributed by atoms with Gasteiger partial charge >= 0.3 is 0 Å². The molecular formula is C11H18O3SSi. The molecule has 1 aromatic carbocycles. The molecule has 1 rings (SSSR count). The molecule has 0 saturated heterocycles. The Kier molecular flexibility index (Phi) is 4.29. The van der Waals surface area contributed by atoms with Gasteiger partial charge in [-0.05, 0) is 17.0 Å². The number of benzene rings is 1. The number of rotatable bonds is 5. The molecule has 90 valence electrons. The second-order valence-electron chi connectivity index (χ2n) is 4.79. The molecule has 0 N–H and O–H groups in total. The third-order valence-electron chi connectivity index (χ3n) is 2.19. The van der Waals surface area contributed by atoms with Crippen LogP contribution >= 0.6 is 0 Å². The highest BCUT2D eigenvalue weighted by molar-refractivity contribution is 7.86. The fourth-order valence-corrected chi connectivity index (χ4v) is 3.99. The lowest BCUT2D eigenvalue weighted by Gasteiger charge is -2.22. The molecular weight excluding hydrogens is 240 g/mol. The van der Waals surface area contributed by atoms with Gasteiger partial charge in [-0.2, -0.15) is 0 Å². The average molecular weight is 258 g/mol. The molecule has 0 aliphatic rings. The van der Waals surface area contributed by atoms with Crippen LogP contribution in [0.1, 0.15) is 19.4 Å². The van der Waals surface area contributed by atoms with Crippen LogP contribution in [-0.2, 0) is 20.4 Å². The lowest BCUT2D eigenvalue weighted by molar-refractivity contribution is 0.483. The Labute approximate surface area is 99.9 Å². The zero-order valence-electron chi connectivity index (χ0n) is 9.93. The molecule has 0 radical (unpaired) electrons. The molecule has 0 saturated carbocycles. The van der Waals surface area contributed by atoms with E-state index >= 15 is 0 Å². The maximum atomic E-state index is 10.9. The van der Waals surface area contributed by atoms with Crippen LogP contribution in [0.15, 0.2) is 30.3 Å². The van der Waals surface area contributed by atoms with Gasteiger partial charge in [-0.3, -0.25) is 0 Å². The lowest BCUT2D eigenvalue weighted by Crippen LogP contribution is -2.21. The van der Waals surface area contributed by atoms with Crippen molar-refractivity contribution in [1.29, 1.82) is 0 Å². The monoisotopic (exact) mass is 258 g/mol. The Bertz CT molecular complexity index is 426. The van der Waals surface area contributed by atoms with Crippen molar-refractivity contribution < 1.29 is 12.3 Å². The maximum absolute atomic E-state index is 10.9. The minimum absolute atomic E-state index is 0.0512. The van der Waals surface area contributed by atoms with E-state index < -0.39 is 19.9 Å². The molecule has 0 aromatic heterocycles. The van der Waals surface area contributed by atoms with Crippen LogP contribution in [0.2, 0.25) is 5.04 Å². The Balaban J connectivity index is 2.59. The first-order valence-electron chi connectivity index (χ1n) is 5.17. The molecule has 0 fully saturated rings. The summed E-state index contributed by atoms with van der Waals surface area (Å²) in [5.41, 5.74) is 1.22. The largest absolute Gasteiger partial charge is 0.322 e. The zero-order chi connectivity index (χ0) is 12.2. The molecule has 0 aliphatic carbocycles. The Morgan fingerprint density at radius 3 is 2.31 bits per heavy atom. The predicted molar refractivity (Wildman–Crippen MR) is 68.7 cm³/mol. The molecule has 0 aliphatic heterocycles. The summed E-state index contributed by atoms with van der Waals surface area (Å²) in [4.78, 5) is 0. The van der Waals surface area contributed by atoms with E-state index in [1.807, 2.05) is 18.2 Å². The van der Waals surface area contributed by atoms with Crippen LogP contribution in [0, 0.1) is 0 Å². The highest BCUT2D eigenvalue weighted by Crippen LogP contribution is 2.28.